The molecule has 2 unspecified atom stereocenters. The van der Waals surface area contributed by atoms with E-state index in [0.717, 1.165) is 14.2 Å². The first kappa shape index (κ1) is 18.4. The minimum Gasteiger partial charge on any atom is -0.497 e. The maximum atomic E-state index is 12.0. The van der Waals surface area contributed by atoms with Crippen LogP contribution in [0.2, 0.25) is 0 Å². The van der Waals surface area contributed by atoms with Crippen molar-refractivity contribution in [3.63, 3.8) is 0 Å². The first-order chi connectivity index (χ1) is 10.9. The smallest absolute Gasteiger partial charge is 0.320 e. The van der Waals surface area contributed by atoms with Gasteiger partial charge in [0.15, 0.2) is 5.92 Å². The Labute approximate surface area is 133 Å². The van der Waals surface area contributed by atoms with Crippen LogP contribution < -0.4 is 4.74 Å². The molecule has 0 aliphatic heterocycles. The Bertz CT molecular complexity index is 554. The van der Waals surface area contributed by atoms with Crippen molar-refractivity contribution in [1.29, 1.82) is 0 Å². The van der Waals surface area contributed by atoms with Gasteiger partial charge in [0.05, 0.1) is 27.2 Å². The van der Waals surface area contributed by atoms with E-state index in [0.29, 0.717) is 11.3 Å². The van der Waals surface area contributed by atoms with E-state index in [2.05, 4.69) is 9.47 Å². The van der Waals surface area contributed by atoms with Crippen LogP contribution >= 0.6 is 0 Å². The van der Waals surface area contributed by atoms with Crippen molar-refractivity contribution < 1.29 is 28.7 Å². The topological polar surface area (TPSA) is 105 Å². The van der Waals surface area contributed by atoms with Crippen LogP contribution in [0.15, 0.2) is 24.3 Å². The Morgan fingerprint density at radius 3 is 1.87 bits per heavy atom. The molecule has 0 amide bonds. The Balaban J connectivity index is 3.38. The molecule has 0 spiro atoms. The second-order valence-corrected chi connectivity index (χ2v) is 4.85. The minimum absolute atomic E-state index is 0.441. The van der Waals surface area contributed by atoms with E-state index in [9.17, 15) is 19.7 Å². The fourth-order valence-electron chi connectivity index (χ4n) is 2.35. The third kappa shape index (κ3) is 4.18. The molecule has 0 heterocycles. The van der Waals surface area contributed by atoms with Crippen LogP contribution in [-0.2, 0) is 19.1 Å². The van der Waals surface area contributed by atoms with Gasteiger partial charge in [-0.15, -0.1) is 0 Å². The number of nitrogens with zero attached hydrogens (tertiary/aromatic N) is 1. The third-order valence-electron chi connectivity index (χ3n) is 3.62. The van der Waals surface area contributed by atoms with Gasteiger partial charge in [-0.05, 0) is 17.7 Å². The molecule has 1 aromatic carbocycles. The van der Waals surface area contributed by atoms with Crippen LogP contribution in [0.25, 0.3) is 0 Å². The summed E-state index contributed by atoms with van der Waals surface area (Å²) in [5, 5.41) is 11.2. The highest BCUT2D eigenvalue weighted by Gasteiger charge is 2.45. The molecular weight excluding hydrogens is 306 g/mol. The summed E-state index contributed by atoms with van der Waals surface area (Å²) in [6, 6.07) is 5.14. The van der Waals surface area contributed by atoms with E-state index < -0.39 is 34.7 Å². The van der Waals surface area contributed by atoms with Crippen molar-refractivity contribution in [2.24, 2.45) is 5.92 Å². The summed E-state index contributed by atoms with van der Waals surface area (Å²) in [5.41, 5.74) is 0.441. The summed E-state index contributed by atoms with van der Waals surface area (Å²) in [5.74, 6) is -3.68. The zero-order valence-corrected chi connectivity index (χ0v) is 13.3. The lowest BCUT2D eigenvalue weighted by Crippen LogP contribution is -2.39. The molecule has 0 N–H and O–H groups in total. The molecule has 23 heavy (non-hydrogen) atoms. The molecular formula is C15H19NO7. The van der Waals surface area contributed by atoms with Crippen LogP contribution in [0.4, 0.5) is 0 Å². The molecule has 8 nitrogen and oxygen atoms in total. The SMILES string of the molecule is COC(=O)C(C(=O)OC)C(c1ccc(OC)cc1)C(C)[N+](=O)[O-]. The number of hydrogen-bond donors (Lipinski definition) is 0. The Kier molecular flexibility index (Phi) is 6.49. The van der Waals surface area contributed by atoms with Gasteiger partial charge < -0.3 is 14.2 Å². The maximum Gasteiger partial charge on any atom is 0.320 e. The molecule has 1 aromatic rings. The van der Waals surface area contributed by atoms with E-state index in [1.807, 2.05) is 0 Å². The average Bonchev–Trinajstić information content (AvgIpc) is 2.57. The third-order valence-corrected chi connectivity index (χ3v) is 3.62. The number of methoxy groups -OCH3 is 3. The molecule has 0 aliphatic carbocycles. The molecule has 0 bridgehead atoms. The summed E-state index contributed by atoms with van der Waals surface area (Å²) < 4.78 is 14.3. The van der Waals surface area contributed by atoms with Crippen molar-refractivity contribution in [3.05, 3.63) is 39.9 Å². The number of rotatable bonds is 7. The van der Waals surface area contributed by atoms with E-state index in [1.165, 1.54) is 14.0 Å². The fourth-order valence-corrected chi connectivity index (χ4v) is 2.35. The zero-order valence-electron chi connectivity index (χ0n) is 13.3. The highest BCUT2D eigenvalue weighted by molar-refractivity contribution is 5.96. The van der Waals surface area contributed by atoms with Gasteiger partial charge in [0, 0.05) is 11.8 Å². The standard InChI is InChI=1S/C15H19NO7/c1-9(16(19)20)12(10-5-7-11(21-2)8-6-10)13(14(17)22-3)15(18)23-4/h5-9,12-13H,1-4H3. The van der Waals surface area contributed by atoms with Crippen LogP contribution in [0.1, 0.15) is 18.4 Å². The van der Waals surface area contributed by atoms with Crippen molar-refractivity contribution in [3.8, 4) is 5.75 Å². The zero-order chi connectivity index (χ0) is 17.6. The van der Waals surface area contributed by atoms with E-state index in [-0.39, 0.29) is 0 Å². The first-order valence-corrected chi connectivity index (χ1v) is 6.80. The molecule has 126 valence electrons. The Hall–Kier alpha value is -2.64. The van der Waals surface area contributed by atoms with Gasteiger partial charge >= 0.3 is 11.9 Å². The fraction of sp³-hybridized carbons (Fsp3) is 0.467. The Morgan fingerprint density at radius 1 is 1.04 bits per heavy atom. The largest absolute Gasteiger partial charge is 0.497 e. The minimum atomic E-state index is -1.43. The molecule has 0 saturated heterocycles. The van der Waals surface area contributed by atoms with Gasteiger partial charge in [0.2, 0.25) is 6.04 Å². The molecule has 2 atom stereocenters. The quantitative estimate of drug-likeness (QED) is 0.323. The summed E-state index contributed by atoms with van der Waals surface area (Å²) >= 11 is 0. The summed E-state index contributed by atoms with van der Waals surface area (Å²) in [6.07, 6.45) is 0. The number of nitro groups is 1. The molecule has 0 fully saturated rings. The number of hydrogen-bond acceptors (Lipinski definition) is 7. The lowest BCUT2D eigenvalue weighted by Gasteiger charge is -2.24. The maximum absolute atomic E-state index is 12.0. The number of benzene rings is 1. The molecule has 0 saturated carbocycles. The monoisotopic (exact) mass is 325 g/mol. The number of carbonyl (C=O) groups is 2. The second kappa shape index (κ2) is 8.11. The van der Waals surface area contributed by atoms with Crippen LogP contribution in [0.3, 0.4) is 0 Å². The molecule has 1 rings (SSSR count). The van der Waals surface area contributed by atoms with Crippen LogP contribution in [0, 0.1) is 16.0 Å². The molecule has 0 radical (unpaired) electrons. The summed E-state index contributed by atoms with van der Waals surface area (Å²) in [7, 11) is 3.71. The van der Waals surface area contributed by atoms with Gasteiger partial charge in [-0.2, -0.15) is 0 Å². The lowest BCUT2D eigenvalue weighted by atomic mass is 9.81. The van der Waals surface area contributed by atoms with E-state index in [4.69, 9.17) is 4.74 Å². The molecule has 8 heteroatoms. The van der Waals surface area contributed by atoms with Gasteiger partial charge in [-0.25, -0.2) is 0 Å². The highest BCUT2D eigenvalue weighted by atomic mass is 16.6. The number of ether oxygens (including phenoxy) is 3. The number of esters is 2. The van der Waals surface area contributed by atoms with Crippen molar-refractivity contribution in [2.45, 2.75) is 18.9 Å². The Morgan fingerprint density at radius 2 is 1.52 bits per heavy atom. The van der Waals surface area contributed by atoms with E-state index >= 15 is 0 Å². The van der Waals surface area contributed by atoms with Gasteiger partial charge in [-0.1, -0.05) is 12.1 Å². The van der Waals surface area contributed by atoms with Gasteiger partial charge in [0.25, 0.3) is 0 Å². The summed E-state index contributed by atoms with van der Waals surface area (Å²) in [4.78, 5) is 34.7. The normalized spacial score (nSPS) is 13.1. The predicted molar refractivity (Wildman–Crippen MR) is 79.7 cm³/mol. The predicted octanol–water partition coefficient (Wildman–Crippen LogP) is 1.41. The van der Waals surface area contributed by atoms with Crippen molar-refractivity contribution in [2.75, 3.05) is 21.3 Å². The summed E-state index contributed by atoms with van der Waals surface area (Å²) in [6.45, 7) is 1.33. The van der Waals surface area contributed by atoms with E-state index in [1.54, 1.807) is 24.3 Å². The van der Waals surface area contributed by atoms with Crippen molar-refractivity contribution in [1.82, 2.24) is 0 Å². The van der Waals surface area contributed by atoms with Crippen LogP contribution in [-0.4, -0.2) is 44.2 Å². The van der Waals surface area contributed by atoms with Gasteiger partial charge in [-0.3, -0.25) is 19.7 Å². The van der Waals surface area contributed by atoms with Crippen molar-refractivity contribution >= 4 is 11.9 Å². The lowest BCUT2D eigenvalue weighted by molar-refractivity contribution is -0.523. The second-order valence-electron chi connectivity index (χ2n) is 4.85. The molecule has 0 aromatic heterocycles. The highest BCUT2D eigenvalue weighted by Crippen LogP contribution is 2.32. The van der Waals surface area contributed by atoms with Crippen LogP contribution in [0.5, 0.6) is 5.75 Å². The van der Waals surface area contributed by atoms with Gasteiger partial charge in [0.1, 0.15) is 5.75 Å². The molecule has 0 aliphatic rings. The average molecular weight is 325 g/mol. The number of carbonyl (C=O) groups excluding carboxylic acids is 2. The first-order valence-electron chi connectivity index (χ1n) is 6.80.